The van der Waals surface area contributed by atoms with Crippen molar-refractivity contribution >= 4 is 17.2 Å². The lowest BCUT2D eigenvalue weighted by atomic mass is 10.1. The lowest BCUT2D eigenvalue weighted by Gasteiger charge is -2.21. The van der Waals surface area contributed by atoms with E-state index in [-0.39, 0.29) is 0 Å². The van der Waals surface area contributed by atoms with Gasteiger partial charge in [0.1, 0.15) is 10.7 Å². The standard InChI is InChI=1S/C14H20N2OS/c1-10-4-3-7-16(10)9-11-5-6-12(14(15)18)13(8-11)17-2/h5-6,8,10H,3-4,7,9H2,1-2H3,(H2,15,18). The molecule has 0 amide bonds. The molecule has 1 saturated heterocycles. The predicted octanol–water partition coefficient (Wildman–Crippen LogP) is 2.31. The van der Waals surface area contributed by atoms with E-state index in [1.165, 1.54) is 24.9 Å². The molecule has 18 heavy (non-hydrogen) atoms. The summed E-state index contributed by atoms with van der Waals surface area (Å²) in [6.07, 6.45) is 2.59. The Bertz CT molecular complexity index is 447. The summed E-state index contributed by atoms with van der Waals surface area (Å²) in [5, 5.41) is 0. The fraction of sp³-hybridized carbons (Fsp3) is 0.500. The van der Waals surface area contributed by atoms with E-state index in [4.69, 9.17) is 22.7 Å². The summed E-state index contributed by atoms with van der Waals surface area (Å²) < 4.78 is 5.35. The molecule has 0 radical (unpaired) electrons. The summed E-state index contributed by atoms with van der Waals surface area (Å²) in [6, 6.07) is 6.75. The Balaban J connectivity index is 2.17. The van der Waals surface area contributed by atoms with Crippen LogP contribution in [0.1, 0.15) is 30.9 Å². The van der Waals surface area contributed by atoms with E-state index < -0.39 is 0 Å². The average molecular weight is 264 g/mol. The summed E-state index contributed by atoms with van der Waals surface area (Å²) in [6.45, 7) is 4.43. The van der Waals surface area contributed by atoms with Crippen LogP contribution in [0.3, 0.4) is 0 Å². The zero-order chi connectivity index (χ0) is 13.1. The number of thiocarbonyl (C=S) groups is 1. The highest BCUT2D eigenvalue weighted by Gasteiger charge is 2.20. The van der Waals surface area contributed by atoms with Crippen LogP contribution in [-0.4, -0.2) is 29.6 Å². The molecule has 4 heteroatoms. The highest BCUT2D eigenvalue weighted by atomic mass is 32.1. The van der Waals surface area contributed by atoms with Gasteiger partial charge in [0.15, 0.2) is 0 Å². The van der Waals surface area contributed by atoms with E-state index >= 15 is 0 Å². The lowest BCUT2D eigenvalue weighted by Crippen LogP contribution is -2.26. The molecule has 0 saturated carbocycles. The van der Waals surface area contributed by atoms with Crippen molar-refractivity contribution in [2.24, 2.45) is 5.73 Å². The van der Waals surface area contributed by atoms with Gasteiger partial charge in [-0.3, -0.25) is 4.90 Å². The smallest absolute Gasteiger partial charge is 0.129 e. The molecule has 1 atom stereocenters. The van der Waals surface area contributed by atoms with Crippen LogP contribution < -0.4 is 10.5 Å². The molecule has 0 spiro atoms. The Kier molecular flexibility index (Phi) is 4.19. The summed E-state index contributed by atoms with van der Waals surface area (Å²) in [7, 11) is 1.65. The van der Waals surface area contributed by atoms with Gasteiger partial charge < -0.3 is 10.5 Å². The fourth-order valence-corrected chi connectivity index (χ4v) is 2.67. The summed E-state index contributed by atoms with van der Waals surface area (Å²) >= 11 is 5.01. The maximum Gasteiger partial charge on any atom is 0.129 e. The Hall–Kier alpha value is -1.13. The Morgan fingerprint density at radius 3 is 2.89 bits per heavy atom. The average Bonchev–Trinajstić information content (AvgIpc) is 2.74. The molecule has 2 N–H and O–H groups in total. The van der Waals surface area contributed by atoms with E-state index in [1.54, 1.807) is 7.11 Å². The van der Waals surface area contributed by atoms with Gasteiger partial charge in [-0.05, 0) is 44.0 Å². The van der Waals surface area contributed by atoms with Gasteiger partial charge in [-0.2, -0.15) is 0 Å². The molecule has 1 aromatic rings. The largest absolute Gasteiger partial charge is 0.496 e. The number of nitrogens with two attached hydrogens (primary N) is 1. The van der Waals surface area contributed by atoms with Crippen molar-refractivity contribution in [3.8, 4) is 5.75 Å². The third-order valence-electron chi connectivity index (χ3n) is 3.61. The molecule has 0 aliphatic carbocycles. The number of rotatable bonds is 4. The number of hydrogen-bond donors (Lipinski definition) is 1. The van der Waals surface area contributed by atoms with Gasteiger partial charge in [0.2, 0.25) is 0 Å². The van der Waals surface area contributed by atoms with Gasteiger partial charge in [-0.15, -0.1) is 0 Å². The van der Waals surface area contributed by atoms with Gasteiger partial charge in [0.05, 0.1) is 12.7 Å². The second-order valence-electron chi connectivity index (χ2n) is 4.86. The van der Waals surface area contributed by atoms with Crippen LogP contribution in [0.4, 0.5) is 0 Å². The number of methoxy groups -OCH3 is 1. The second-order valence-corrected chi connectivity index (χ2v) is 5.30. The molecule has 3 nitrogen and oxygen atoms in total. The molecular formula is C14H20N2OS. The van der Waals surface area contributed by atoms with E-state index in [1.807, 2.05) is 12.1 Å². The summed E-state index contributed by atoms with van der Waals surface area (Å²) in [5.74, 6) is 0.770. The number of ether oxygens (including phenoxy) is 1. The molecule has 1 unspecified atom stereocenters. The van der Waals surface area contributed by atoms with Gasteiger partial charge in [-0.1, -0.05) is 18.3 Å². The third kappa shape index (κ3) is 2.82. The minimum absolute atomic E-state index is 0.382. The molecule has 2 rings (SSSR count). The molecule has 1 aliphatic heterocycles. The van der Waals surface area contributed by atoms with Crippen LogP contribution >= 0.6 is 12.2 Å². The molecule has 0 aromatic heterocycles. The third-order valence-corrected chi connectivity index (χ3v) is 3.83. The molecule has 0 bridgehead atoms. The highest BCUT2D eigenvalue weighted by Crippen LogP contribution is 2.24. The van der Waals surface area contributed by atoms with Crippen LogP contribution in [0.25, 0.3) is 0 Å². The molecular weight excluding hydrogens is 244 g/mol. The van der Waals surface area contributed by atoms with Crippen LogP contribution in [0, 0.1) is 0 Å². The van der Waals surface area contributed by atoms with Crippen LogP contribution in [0.15, 0.2) is 18.2 Å². The second kappa shape index (κ2) is 5.67. The fourth-order valence-electron chi connectivity index (χ4n) is 2.50. The molecule has 98 valence electrons. The van der Waals surface area contributed by atoms with Crippen molar-refractivity contribution < 1.29 is 4.74 Å². The Morgan fingerprint density at radius 1 is 1.56 bits per heavy atom. The number of benzene rings is 1. The van der Waals surface area contributed by atoms with Gasteiger partial charge in [0.25, 0.3) is 0 Å². The molecule has 1 fully saturated rings. The molecule has 1 heterocycles. The van der Waals surface area contributed by atoms with Gasteiger partial charge >= 0.3 is 0 Å². The van der Waals surface area contributed by atoms with E-state index in [0.29, 0.717) is 11.0 Å². The minimum atomic E-state index is 0.382. The predicted molar refractivity (Wildman–Crippen MR) is 78.0 cm³/mol. The highest BCUT2D eigenvalue weighted by molar-refractivity contribution is 7.80. The van der Waals surface area contributed by atoms with E-state index in [0.717, 1.165) is 17.9 Å². The van der Waals surface area contributed by atoms with E-state index in [9.17, 15) is 0 Å². The first-order valence-electron chi connectivity index (χ1n) is 6.32. The van der Waals surface area contributed by atoms with Gasteiger partial charge in [-0.25, -0.2) is 0 Å². The minimum Gasteiger partial charge on any atom is -0.496 e. The van der Waals surface area contributed by atoms with Gasteiger partial charge in [0, 0.05) is 12.6 Å². The monoisotopic (exact) mass is 264 g/mol. The van der Waals surface area contributed by atoms with Crippen LogP contribution in [0.2, 0.25) is 0 Å². The summed E-state index contributed by atoms with van der Waals surface area (Å²) in [4.78, 5) is 2.88. The van der Waals surface area contributed by atoms with Crippen LogP contribution in [0.5, 0.6) is 5.75 Å². The zero-order valence-corrected chi connectivity index (χ0v) is 11.8. The van der Waals surface area contributed by atoms with Crippen molar-refractivity contribution in [2.45, 2.75) is 32.4 Å². The number of hydrogen-bond acceptors (Lipinski definition) is 3. The summed E-state index contributed by atoms with van der Waals surface area (Å²) in [5.41, 5.74) is 7.73. The zero-order valence-electron chi connectivity index (χ0n) is 11.0. The normalized spacial score (nSPS) is 20.0. The maximum absolute atomic E-state index is 5.67. The Morgan fingerprint density at radius 2 is 2.33 bits per heavy atom. The van der Waals surface area contributed by atoms with Crippen molar-refractivity contribution in [2.75, 3.05) is 13.7 Å². The van der Waals surface area contributed by atoms with Crippen molar-refractivity contribution in [3.05, 3.63) is 29.3 Å². The van der Waals surface area contributed by atoms with Crippen molar-refractivity contribution in [1.29, 1.82) is 0 Å². The van der Waals surface area contributed by atoms with E-state index in [2.05, 4.69) is 17.9 Å². The number of nitrogens with zero attached hydrogens (tertiary/aromatic N) is 1. The SMILES string of the molecule is COc1cc(CN2CCCC2C)ccc1C(N)=S. The Labute approximate surface area is 114 Å². The molecule has 1 aliphatic rings. The maximum atomic E-state index is 5.67. The topological polar surface area (TPSA) is 38.5 Å². The first-order valence-corrected chi connectivity index (χ1v) is 6.73. The lowest BCUT2D eigenvalue weighted by molar-refractivity contribution is 0.260. The first kappa shape index (κ1) is 13.3. The van der Waals surface area contributed by atoms with Crippen LogP contribution in [-0.2, 0) is 6.54 Å². The first-order chi connectivity index (χ1) is 8.61. The number of likely N-dealkylation sites (tertiary alicyclic amines) is 1. The van der Waals surface area contributed by atoms with Crippen molar-refractivity contribution in [1.82, 2.24) is 4.90 Å². The quantitative estimate of drug-likeness (QED) is 0.847. The van der Waals surface area contributed by atoms with Crippen molar-refractivity contribution in [3.63, 3.8) is 0 Å². The molecule has 1 aromatic carbocycles.